The van der Waals surface area contributed by atoms with E-state index in [0.717, 1.165) is 5.70 Å². The topological polar surface area (TPSA) is 101 Å². The van der Waals surface area contributed by atoms with Crippen LogP contribution in [0.15, 0.2) is 26.7 Å². The van der Waals surface area contributed by atoms with E-state index in [0.29, 0.717) is 18.0 Å². The molecule has 0 bridgehead atoms. The Labute approximate surface area is 122 Å². The number of aryl methyl sites for hydroxylation is 1. The average molecular weight is 296 g/mol. The van der Waals surface area contributed by atoms with Crippen molar-refractivity contribution < 1.29 is 19.7 Å². The molecule has 116 valence electrons. The minimum absolute atomic E-state index is 0.0575. The highest BCUT2D eigenvalue weighted by Crippen LogP contribution is 2.21. The lowest BCUT2D eigenvalue weighted by Gasteiger charge is -2.31. The van der Waals surface area contributed by atoms with Gasteiger partial charge in [-0.15, -0.1) is 0 Å². The van der Waals surface area contributed by atoms with Crippen LogP contribution in [0.3, 0.4) is 0 Å². The number of rotatable bonds is 4. The maximum absolute atomic E-state index is 12.3. The predicted molar refractivity (Wildman–Crippen MR) is 75.4 cm³/mol. The molecule has 0 saturated carbocycles. The first-order valence-corrected chi connectivity index (χ1v) is 6.78. The van der Waals surface area contributed by atoms with Crippen molar-refractivity contribution in [2.45, 2.75) is 33.4 Å². The summed E-state index contributed by atoms with van der Waals surface area (Å²) in [5, 5.41) is 31.3. The number of aliphatic hydroxyl groups is 1. The minimum atomic E-state index is -0.633. The summed E-state index contributed by atoms with van der Waals surface area (Å²) in [5.41, 5.74) is 0.857. The Bertz CT molecular complexity index is 622. The van der Waals surface area contributed by atoms with Crippen LogP contribution in [0.1, 0.15) is 25.2 Å². The van der Waals surface area contributed by atoms with Crippen molar-refractivity contribution in [3.05, 3.63) is 44.4 Å². The summed E-state index contributed by atoms with van der Waals surface area (Å²) in [7, 11) is 0. The van der Waals surface area contributed by atoms with E-state index in [1.165, 1.54) is 6.07 Å². The van der Waals surface area contributed by atoms with E-state index in [-0.39, 0.29) is 29.4 Å². The highest BCUT2D eigenvalue weighted by molar-refractivity contribution is 5.30. The zero-order valence-corrected chi connectivity index (χ0v) is 12.3. The second-order valence-corrected chi connectivity index (χ2v) is 5.22. The highest BCUT2D eigenvalue weighted by Gasteiger charge is 2.35. The summed E-state index contributed by atoms with van der Waals surface area (Å²) >= 11 is 0. The summed E-state index contributed by atoms with van der Waals surface area (Å²) < 4.78 is 4.98. The fourth-order valence-electron chi connectivity index (χ4n) is 2.66. The van der Waals surface area contributed by atoms with Crippen LogP contribution in [0.25, 0.3) is 0 Å². The fraction of sp³-hybridized carbons (Fsp3) is 0.500. The normalized spacial score (nSPS) is 22.2. The largest absolute Gasteiger partial charge is 0.628 e. The summed E-state index contributed by atoms with van der Waals surface area (Å²) in [5.74, 6) is 0.152. The number of aromatic hydroxyl groups is 1. The minimum Gasteiger partial charge on any atom is -0.628 e. The van der Waals surface area contributed by atoms with E-state index in [4.69, 9.17) is 9.52 Å². The van der Waals surface area contributed by atoms with Gasteiger partial charge in [0.15, 0.2) is 6.17 Å². The Morgan fingerprint density at radius 2 is 2.10 bits per heavy atom. The van der Waals surface area contributed by atoms with E-state index in [9.17, 15) is 15.1 Å². The first-order chi connectivity index (χ1) is 9.86. The van der Waals surface area contributed by atoms with Gasteiger partial charge in [-0.05, 0) is 13.8 Å². The van der Waals surface area contributed by atoms with Crippen LogP contribution in [-0.2, 0) is 6.42 Å². The number of allylic oxidation sites excluding steroid dienone is 2. The van der Waals surface area contributed by atoms with Crippen LogP contribution >= 0.6 is 0 Å². The lowest BCUT2D eigenvalue weighted by Crippen LogP contribution is -3.09. The molecule has 0 radical (unpaired) electrons. The number of quaternary nitrogens is 1. The SMILES string of the molecule is CC1=C(C)[NH+]([O-])C(Cc2c(O)cc(C)oc2=O)N1CCO. The average Bonchev–Trinajstić information content (AvgIpc) is 2.60. The van der Waals surface area contributed by atoms with Gasteiger partial charge in [0.2, 0.25) is 0 Å². The molecular formula is C14H20N2O5. The summed E-state index contributed by atoms with van der Waals surface area (Å²) in [6, 6.07) is 1.36. The van der Waals surface area contributed by atoms with E-state index in [2.05, 4.69) is 0 Å². The Morgan fingerprint density at radius 1 is 1.43 bits per heavy atom. The molecule has 21 heavy (non-hydrogen) atoms. The van der Waals surface area contributed by atoms with Gasteiger partial charge in [-0.25, -0.2) is 4.79 Å². The Morgan fingerprint density at radius 3 is 2.67 bits per heavy atom. The number of nitrogens with zero attached hydrogens (tertiary/aromatic N) is 1. The summed E-state index contributed by atoms with van der Waals surface area (Å²) in [6.45, 7) is 5.31. The van der Waals surface area contributed by atoms with Crippen molar-refractivity contribution in [3.63, 3.8) is 0 Å². The van der Waals surface area contributed by atoms with Gasteiger partial charge >= 0.3 is 5.63 Å². The molecule has 7 nitrogen and oxygen atoms in total. The molecule has 1 aromatic heterocycles. The van der Waals surface area contributed by atoms with Gasteiger partial charge in [0.05, 0.1) is 24.3 Å². The maximum atomic E-state index is 12.3. The van der Waals surface area contributed by atoms with Crippen molar-refractivity contribution in [2.24, 2.45) is 0 Å². The van der Waals surface area contributed by atoms with Crippen molar-refractivity contribution in [3.8, 4) is 5.75 Å². The number of aliphatic hydroxyl groups excluding tert-OH is 1. The third-order valence-electron chi connectivity index (χ3n) is 3.91. The maximum Gasteiger partial charge on any atom is 0.343 e. The van der Waals surface area contributed by atoms with Crippen LogP contribution in [0.4, 0.5) is 0 Å². The summed E-state index contributed by atoms with van der Waals surface area (Å²) in [6.07, 6.45) is -0.532. The van der Waals surface area contributed by atoms with Crippen molar-refractivity contribution >= 4 is 0 Å². The van der Waals surface area contributed by atoms with Crippen molar-refractivity contribution in [1.29, 1.82) is 0 Å². The Kier molecular flexibility index (Phi) is 4.36. The fourth-order valence-corrected chi connectivity index (χ4v) is 2.66. The molecule has 2 rings (SSSR count). The molecule has 7 heteroatoms. The molecule has 0 aliphatic carbocycles. The van der Waals surface area contributed by atoms with Gasteiger partial charge in [-0.2, -0.15) is 0 Å². The third kappa shape index (κ3) is 2.80. The van der Waals surface area contributed by atoms with Gasteiger partial charge < -0.3 is 29.8 Å². The van der Waals surface area contributed by atoms with Crippen molar-refractivity contribution in [2.75, 3.05) is 13.2 Å². The standard InChI is InChI=1S/C14H20N2O5/c1-8-6-12(18)11(14(19)21-8)7-13-15(4-5-17)9(2)10(3)16(13)20/h6,13,16-18H,4-5,7H2,1-3H3. The smallest absolute Gasteiger partial charge is 0.343 e. The van der Waals surface area contributed by atoms with Crippen LogP contribution in [0.2, 0.25) is 0 Å². The molecule has 3 N–H and O–H groups in total. The second-order valence-electron chi connectivity index (χ2n) is 5.22. The number of hydroxylamine groups is 2. The van der Waals surface area contributed by atoms with Gasteiger partial charge in [-0.1, -0.05) is 0 Å². The molecule has 1 aromatic rings. The molecule has 2 unspecified atom stereocenters. The van der Waals surface area contributed by atoms with Crippen LogP contribution < -0.4 is 10.7 Å². The third-order valence-corrected chi connectivity index (χ3v) is 3.91. The first kappa shape index (κ1) is 15.6. The molecule has 1 aliphatic rings. The van der Waals surface area contributed by atoms with Crippen LogP contribution in [0.5, 0.6) is 5.75 Å². The number of nitrogens with one attached hydrogen (secondary N) is 1. The van der Waals surface area contributed by atoms with Crippen molar-refractivity contribution in [1.82, 2.24) is 4.90 Å². The quantitative estimate of drug-likeness (QED) is 0.645. The Balaban J connectivity index is 2.33. The molecule has 0 amide bonds. The Hall–Kier alpha value is -1.83. The van der Waals surface area contributed by atoms with E-state index >= 15 is 0 Å². The number of hydrogen-bond donors (Lipinski definition) is 3. The zero-order valence-electron chi connectivity index (χ0n) is 12.3. The number of hydrogen-bond acceptors (Lipinski definition) is 6. The van der Waals surface area contributed by atoms with E-state index < -0.39 is 11.8 Å². The molecule has 2 heterocycles. The van der Waals surface area contributed by atoms with Gasteiger partial charge in [-0.3, -0.25) is 0 Å². The molecule has 1 aliphatic heterocycles. The van der Waals surface area contributed by atoms with Crippen LogP contribution in [-0.4, -0.2) is 34.4 Å². The van der Waals surface area contributed by atoms with Gasteiger partial charge in [0.1, 0.15) is 17.2 Å². The first-order valence-electron chi connectivity index (χ1n) is 6.78. The molecule has 0 spiro atoms. The number of β-amino-alcohol motifs (C(OH)–C–C–N with tert-alkyl or cyclic N) is 1. The summed E-state index contributed by atoms with van der Waals surface area (Å²) in [4.78, 5) is 13.6. The van der Waals surface area contributed by atoms with E-state index in [1.54, 1.807) is 25.7 Å². The molecule has 2 atom stereocenters. The monoisotopic (exact) mass is 296 g/mol. The van der Waals surface area contributed by atoms with E-state index in [1.807, 2.05) is 0 Å². The molecule has 0 fully saturated rings. The van der Waals surface area contributed by atoms with Crippen LogP contribution in [0, 0.1) is 12.1 Å². The molecule has 0 saturated heterocycles. The lowest BCUT2D eigenvalue weighted by molar-refractivity contribution is -0.838. The van der Waals surface area contributed by atoms with Gasteiger partial charge in [0.25, 0.3) is 0 Å². The molecule has 0 aromatic carbocycles. The predicted octanol–water partition coefficient (Wildman–Crippen LogP) is -0.536. The zero-order chi connectivity index (χ0) is 15.7. The second kappa shape index (κ2) is 5.88. The van der Waals surface area contributed by atoms with Gasteiger partial charge in [0, 0.05) is 19.5 Å². The highest BCUT2D eigenvalue weighted by atomic mass is 16.5. The molecular weight excluding hydrogens is 276 g/mol. The lowest BCUT2D eigenvalue weighted by atomic mass is 10.1.